The van der Waals surface area contributed by atoms with E-state index in [1.807, 2.05) is 0 Å². The van der Waals surface area contributed by atoms with Crippen molar-refractivity contribution in [1.82, 2.24) is 9.96 Å². The minimum atomic E-state index is -4.89. The molecule has 0 radical (unpaired) electrons. The van der Waals surface area contributed by atoms with E-state index < -0.39 is 70.6 Å². The average Bonchev–Trinajstić information content (AvgIpc) is 2.91. The number of fused-ring (bicyclic) bond motifs is 2. The number of primary amides is 1. The maximum atomic E-state index is 12.7. The number of piperidine rings is 1. The van der Waals surface area contributed by atoms with Crippen LogP contribution in [0.15, 0.2) is 0 Å². The number of nitrogens with two attached hydrogens (primary N) is 1. The lowest BCUT2D eigenvalue weighted by Gasteiger charge is -2.29. The summed E-state index contributed by atoms with van der Waals surface area (Å²) in [5.74, 6) is -2.73. The van der Waals surface area contributed by atoms with E-state index in [4.69, 9.17) is 23.7 Å². The van der Waals surface area contributed by atoms with Crippen molar-refractivity contribution in [1.29, 1.82) is 0 Å². The zero-order valence-corrected chi connectivity index (χ0v) is 20.1. The van der Waals surface area contributed by atoms with E-state index in [1.54, 1.807) is 27.7 Å². The van der Waals surface area contributed by atoms with Gasteiger partial charge in [0.2, 0.25) is 5.91 Å². The average molecular weight is 494 g/mol. The summed E-state index contributed by atoms with van der Waals surface area (Å²) >= 11 is 0. The highest BCUT2D eigenvalue weighted by atomic mass is 32.3. The van der Waals surface area contributed by atoms with Crippen molar-refractivity contribution < 1.29 is 45.5 Å². The number of urea groups is 1. The van der Waals surface area contributed by atoms with Crippen LogP contribution in [-0.2, 0) is 42.7 Å². The number of hydrogen-bond donors (Lipinski definition) is 1. The third-order valence-corrected chi connectivity index (χ3v) is 6.09. The summed E-state index contributed by atoms with van der Waals surface area (Å²) in [6.45, 7) is 6.85. The first-order chi connectivity index (χ1) is 15.2. The zero-order valence-electron chi connectivity index (χ0n) is 19.3. The molecule has 3 amide bonds. The van der Waals surface area contributed by atoms with Crippen molar-refractivity contribution in [3.8, 4) is 0 Å². The van der Waals surface area contributed by atoms with Crippen LogP contribution in [0.2, 0.25) is 0 Å². The Morgan fingerprint density at radius 1 is 1.09 bits per heavy atom. The van der Waals surface area contributed by atoms with Gasteiger partial charge in [-0.3, -0.25) is 14.4 Å². The molecule has 2 bridgehead atoms. The Hall–Kier alpha value is -2.45. The number of nitrogens with zero attached hydrogens (tertiary/aromatic N) is 2. The van der Waals surface area contributed by atoms with Crippen molar-refractivity contribution in [2.45, 2.75) is 78.2 Å². The molecule has 2 heterocycles. The second-order valence-electron chi connectivity index (χ2n) is 8.50. The fourth-order valence-electron chi connectivity index (χ4n) is 3.56. The molecule has 0 spiro atoms. The predicted octanol–water partition coefficient (Wildman–Crippen LogP) is 0.233. The number of carbonyl (C=O) groups excluding carboxylic acids is 4. The van der Waals surface area contributed by atoms with E-state index in [0.29, 0.717) is 5.06 Å². The lowest BCUT2D eigenvalue weighted by molar-refractivity contribution is -0.180. The standard InChI is InChI=1S/C19H31N3O10S/c1-6-19(16(24)30-11(2)3,17(25)31-12(4)5)10-29-33(27,28)32-22-13-7-8-14(15(20)23)21(9-13)18(22)26/h11-14H,6-10H2,1-5H3,(H2,20,23)/t13-,14+/m1/s1. The highest BCUT2D eigenvalue weighted by Gasteiger charge is 2.52. The number of esters is 2. The van der Waals surface area contributed by atoms with Crippen molar-refractivity contribution in [3.05, 3.63) is 0 Å². The summed E-state index contributed by atoms with van der Waals surface area (Å²) in [5, 5.41) is 0.602. The van der Waals surface area contributed by atoms with Crippen LogP contribution in [0, 0.1) is 5.41 Å². The number of ether oxygens (including phenoxy) is 2. The van der Waals surface area contributed by atoms with Crippen LogP contribution in [-0.4, -0.2) is 79.7 Å². The van der Waals surface area contributed by atoms with Crippen LogP contribution < -0.4 is 5.73 Å². The molecule has 0 aromatic heterocycles. The van der Waals surface area contributed by atoms with Gasteiger partial charge in [0.1, 0.15) is 6.04 Å². The quantitative estimate of drug-likeness (QED) is 0.310. The van der Waals surface area contributed by atoms with Crippen molar-refractivity contribution >= 4 is 34.3 Å². The Morgan fingerprint density at radius 3 is 2.09 bits per heavy atom. The molecule has 13 nitrogen and oxygen atoms in total. The monoisotopic (exact) mass is 493 g/mol. The Morgan fingerprint density at radius 2 is 1.64 bits per heavy atom. The normalized spacial score (nSPS) is 21.0. The van der Waals surface area contributed by atoms with Gasteiger partial charge < -0.3 is 20.1 Å². The smallest absolute Gasteiger partial charge is 0.421 e. The summed E-state index contributed by atoms with van der Waals surface area (Å²) in [4.78, 5) is 50.7. The molecule has 188 valence electrons. The van der Waals surface area contributed by atoms with E-state index >= 15 is 0 Å². The van der Waals surface area contributed by atoms with Gasteiger partial charge in [-0.25, -0.2) is 8.98 Å². The summed E-state index contributed by atoms with van der Waals surface area (Å²) in [6, 6.07) is -2.36. The summed E-state index contributed by atoms with van der Waals surface area (Å²) < 4.78 is 45.1. The number of rotatable bonds is 11. The SMILES string of the molecule is CCC(COS(=O)(=O)ON1C(=O)N2C[C@H]1CC[C@H]2C(N)=O)(C(=O)OC(C)C)C(=O)OC(C)C. The molecule has 0 aliphatic carbocycles. The van der Waals surface area contributed by atoms with Gasteiger partial charge in [-0.1, -0.05) is 6.92 Å². The summed E-state index contributed by atoms with van der Waals surface area (Å²) in [5.41, 5.74) is 3.23. The molecule has 2 rings (SSSR count). The van der Waals surface area contributed by atoms with Gasteiger partial charge in [-0.05, 0) is 47.0 Å². The fourth-order valence-corrected chi connectivity index (χ4v) is 4.33. The highest BCUT2D eigenvalue weighted by Crippen LogP contribution is 2.32. The summed E-state index contributed by atoms with van der Waals surface area (Å²) in [6.07, 6.45) is -0.813. The first kappa shape index (κ1) is 26.8. The van der Waals surface area contributed by atoms with E-state index in [2.05, 4.69) is 0 Å². The molecule has 2 fully saturated rings. The maximum Gasteiger partial charge on any atom is 0.421 e. The number of hydrogen-bond acceptors (Lipinski definition) is 10. The van der Waals surface area contributed by atoms with Crippen LogP contribution in [0.25, 0.3) is 0 Å². The molecular formula is C19H31N3O10S. The maximum absolute atomic E-state index is 12.7. The molecule has 33 heavy (non-hydrogen) atoms. The van der Waals surface area contributed by atoms with Crippen molar-refractivity contribution in [2.24, 2.45) is 11.1 Å². The first-order valence-corrected chi connectivity index (χ1v) is 12.0. The lowest BCUT2D eigenvalue weighted by atomic mass is 9.86. The Labute approximate surface area is 192 Å². The molecular weight excluding hydrogens is 462 g/mol. The predicted molar refractivity (Wildman–Crippen MR) is 111 cm³/mol. The van der Waals surface area contributed by atoms with E-state index in [9.17, 15) is 27.6 Å². The second-order valence-corrected chi connectivity index (χ2v) is 9.70. The second kappa shape index (κ2) is 10.2. The molecule has 2 N–H and O–H groups in total. The van der Waals surface area contributed by atoms with E-state index in [1.165, 1.54) is 6.92 Å². The molecule has 14 heteroatoms. The molecule has 0 aromatic rings. The van der Waals surface area contributed by atoms with Gasteiger partial charge in [-0.15, -0.1) is 4.28 Å². The van der Waals surface area contributed by atoms with E-state index in [-0.39, 0.29) is 25.8 Å². The lowest BCUT2D eigenvalue weighted by Crippen LogP contribution is -2.48. The molecule has 0 saturated carbocycles. The van der Waals surface area contributed by atoms with Gasteiger partial charge in [0.05, 0.1) is 24.9 Å². The van der Waals surface area contributed by atoms with Gasteiger partial charge in [0.15, 0.2) is 5.41 Å². The van der Waals surface area contributed by atoms with Gasteiger partial charge >= 0.3 is 28.4 Å². The van der Waals surface area contributed by atoms with Crippen LogP contribution in [0.3, 0.4) is 0 Å². The molecule has 0 aromatic carbocycles. The Bertz CT molecular complexity index is 866. The van der Waals surface area contributed by atoms with Gasteiger partial charge in [0, 0.05) is 6.54 Å². The first-order valence-electron chi connectivity index (χ1n) is 10.6. The molecule has 0 unspecified atom stereocenters. The highest BCUT2D eigenvalue weighted by molar-refractivity contribution is 7.81. The number of carbonyl (C=O) groups is 4. The van der Waals surface area contributed by atoms with Gasteiger partial charge in [-0.2, -0.15) is 13.5 Å². The van der Waals surface area contributed by atoms with Crippen LogP contribution in [0.5, 0.6) is 0 Å². The minimum absolute atomic E-state index is 0.0578. The van der Waals surface area contributed by atoms with Gasteiger partial charge in [0.25, 0.3) is 0 Å². The third-order valence-electron chi connectivity index (χ3n) is 5.34. The van der Waals surface area contributed by atoms with E-state index in [0.717, 1.165) is 4.90 Å². The van der Waals surface area contributed by atoms with Crippen LogP contribution >= 0.6 is 0 Å². The topological polar surface area (TPSA) is 172 Å². The van der Waals surface area contributed by atoms with Crippen molar-refractivity contribution in [3.63, 3.8) is 0 Å². The Balaban J connectivity index is 2.19. The molecule has 2 aliphatic rings. The zero-order chi connectivity index (χ0) is 25.1. The fraction of sp³-hybridized carbons (Fsp3) is 0.789. The third kappa shape index (κ3) is 5.92. The summed E-state index contributed by atoms with van der Waals surface area (Å²) in [7, 11) is -4.89. The largest absolute Gasteiger partial charge is 0.462 e. The molecule has 2 saturated heterocycles. The minimum Gasteiger partial charge on any atom is -0.462 e. The van der Waals surface area contributed by atoms with Crippen molar-refractivity contribution in [2.75, 3.05) is 13.2 Å². The van der Waals surface area contributed by atoms with Crippen LogP contribution in [0.4, 0.5) is 4.79 Å². The van der Waals surface area contributed by atoms with Crippen LogP contribution in [0.1, 0.15) is 53.9 Å². The molecule has 2 aliphatic heterocycles. The molecule has 2 atom stereocenters. The number of hydroxylamine groups is 2. The number of amides is 3. The Kier molecular flexibility index (Phi) is 8.30.